The molecule has 142 valence electrons. The molecule has 3 aromatic rings. The number of ether oxygens (including phenoxy) is 1. The molecule has 27 heavy (non-hydrogen) atoms. The van der Waals surface area contributed by atoms with Crippen molar-refractivity contribution in [2.24, 2.45) is 0 Å². The van der Waals surface area contributed by atoms with E-state index in [9.17, 15) is 13.2 Å². The van der Waals surface area contributed by atoms with Gasteiger partial charge in [0.15, 0.2) is 12.4 Å². The Labute approximate surface area is 158 Å². The number of nitrogens with zero attached hydrogens (tertiary/aromatic N) is 1. The van der Waals surface area contributed by atoms with Crippen molar-refractivity contribution in [3.05, 3.63) is 65.1 Å². The lowest BCUT2D eigenvalue weighted by atomic mass is 10.2. The van der Waals surface area contributed by atoms with E-state index in [1.807, 2.05) is 6.07 Å². The van der Waals surface area contributed by atoms with Crippen LogP contribution in [0.25, 0.3) is 11.3 Å². The van der Waals surface area contributed by atoms with Crippen LogP contribution < -0.4 is 10.1 Å². The van der Waals surface area contributed by atoms with Gasteiger partial charge in [-0.3, -0.25) is 0 Å². The van der Waals surface area contributed by atoms with Crippen LogP contribution in [0.2, 0.25) is 5.02 Å². The highest BCUT2D eigenvalue weighted by Gasteiger charge is 2.28. The standard InChI is InChI=1S/C19H16ClF3N2O2/c1-12-5-6-15(16(7-12)26-11-19(21,22)23)24-10-18-25-9-17(27-18)13-3-2-4-14(20)8-13/h2-9,24H,10-11H2,1H3. The van der Waals surface area contributed by atoms with Crippen LogP contribution in [0, 0.1) is 6.92 Å². The lowest BCUT2D eigenvalue weighted by Gasteiger charge is -2.14. The van der Waals surface area contributed by atoms with Crippen molar-refractivity contribution in [2.45, 2.75) is 19.6 Å². The van der Waals surface area contributed by atoms with E-state index in [1.54, 1.807) is 49.5 Å². The number of nitrogens with one attached hydrogen (secondary N) is 1. The smallest absolute Gasteiger partial charge is 0.422 e. The minimum atomic E-state index is -4.41. The Morgan fingerprint density at radius 1 is 1.19 bits per heavy atom. The maximum Gasteiger partial charge on any atom is 0.422 e. The number of hydrogen-bond acceptors (Lipinski definition) is 4. The lowest BCUT2D eigenvalue weighted by Crippen LogP contribution is -2.19. The number of alkyl halides is 3. The second-order valence-electron chi connectivity index (χ2n) is 5.89. The van der Waals surface area contributed by atoms with Gasteiger partial charge in [0, 0.05) is 10.6 Å². The van der Waals surface area contributed by atoms with Gasteiger partial charge in [-0.25, -0.2) is 4.98 Å². The van der Waals surface area contributed by atoms with Crippen LogP contribution in [0.4, 0.5) is 18.9 Å². The maximum atomic E-state index is 12.4. The number of anilines is 1. The van der Waals surface area contributed by atoms with Crippen LogP contribution in [0.15, 0.2) is 53.1 Å². The Morgan fingerprint density at radius 2 is 2.00 bits per heavy atom. The van der Waals surface area contributed by atoms with Crippen molar-refractivity contribution < 1.29 is 22.3 Å². The highest BCUT2D eigenvalue weighted by atomic mass is 35.5. The Balaban J connectivity index is 1.70. The lowest BCUT2D eigenvalue weighted by molar-refractivity contribution is -0.153. The third-order valence-electron chi connectivity index (χ3n) is 3.62. The van der Waals surface area contributed by atoms with Crippen LogP contribution in [0.5, 0.6) is 5.75 Å². The van der Waals surface area contributed by atoms with Crippen molar-refractivity contribution in [3.63, 3.8) is 0 Å². The number of aryl methyl sites for hydroxylation is 1. The van der Waals surface area contributed by atoms with Crippen molar-refractivity contribution in [2.75, 3.05) is 11.9 Å². The summed E-state index contributed by atoms with van der Waals surface area (Å²) in [6.07, 6.45) is -2.84. The summed E-state index contributed by atoms with van der Waals surface area (Å²) < 4.78 is 47.9. The zero-order valence-electron chi connectivity index (χ0n) is 14.3. The van der Waals surface area contributed by atoms with Crippen molar-refractivity contribution in [1.29, 1.82) is 0 Å². The predicted molar refractivity (Wildman–Crippen MR) is 97.0 cm³/mol. The molecule has 0 unspecified atom stereocenters. The van der Waals surface area contributed by atoms with E-state index in [-0.39, 0.29) is 12.3 Å². The topological polar surface area (TPSA) is 47.3 Å². The largest absolute Gasteiger partial charge is 0.482 e. The molecule has 0 saturated carbocycles. The maximum absolute atomic E-state index is 12.4. The van der Waals surface area contributed by atoms with Crippen LogP contribution in [0.3, 0.4) is 0 Å². The van der Waals surface area contributed by atoms with Gasteiger partial charge in [0.25, 0.3) is 0 Å². The molecule has 0 aliphatic heterocycles. The average molecular weight is 397 g/mol. The van der Waals surface area contributed by atoms with E-state index in [4.69, 9.17) is 20.8 Å². The second kappa shape index (κ2) is 7.92. The van der Waals surface area contributed by atoms with Gasteiger partial charge >= 0.3 is 6.18 Å². The van der Waals surface area contributed by atoms with E-state index in [1.165, 1.54) is 0 Å². The molecule has 1 N–H and O–H groups in total. The minimum absolute atomic E-state index is 0.119. The highest BCUT2D eigenvalue weighted by molar-refractivity contribution is 6.30. The third kappa shape index (κ3) is 5.40. The summed E-state index contributed by atoms with van der Waals surface area (Å²) in [6, 6.07) is 12.1. The van der Waals surface area contributed by atoms with Crippen LogP contribution >= 0.6 is 11.6 Å². The fourth-order valence-corrected chi connectivity index (χ4v) is 2.58. The normalized spacial score (nSPS) is 11.4. The van der Waals surface area contributed by atoms with Gasteiger partial charge in [0.1, 0.15) is 5.75 Å². The molecule has 3 rings (SSSR count). The highest BCUT2D eigenvalue weighted by Crippen LogP contribution is 2.29. The van der Waals surface area contributed by atoms with Gasteiger partial charge in [0.05, 0.1) is 18.4 Å². The monoisotopic (exact) mass is 396 g/mol. The molecule has 1 aromatic heterocycles. The van der Waals surface area contributed by atoms with E-state index < -0.39 is 12.8 Å². The zero-order valence-corrected chi connectivity index (χ0v) is 15.1. The summed E-state index contributed by atoms with van der Waals surface area (Å²) in [5, 5.41) is 3.57. The first-order valence-electron chi connectivity index (χ1n) is 8.05. The first kappa shape index (κ1) is 19.1. The molecule has 0 aliphatic carbocycles. The van der Waals surface area contributed by atoms with Crippen molar-refractivity contribution in [3.8, 4) is 17.1 Å². The van der Waals surface area contributed by atoms with Crippen LogP contribution in [0.1, 0.15) is 11.5 Å². The molecule has 0 spiro atoms. The summed E-state index contributed by atoms with van der Waals surface area (Å²) in [4.78, 5) is 4.18. The summed E-state index contributed by atoms with van der Waals surface area (Å²) in [5.74, 6) is 1.05. The van der Waals surface area contributed by atoms with E-state index >= 15 is 0 Å². The molecule has 0 bridgehead atoms. The fraction of sp³-hybridized carbons (Fsp3) is 0.211. The van der Waals surface area contributed by atoms with Gasteiger partial charge in [-0.1, -0.05) is 29.8 Å². The Bertz CT molecular complexity index is 925. The number of oxazole rings is 1. The Hall–Kier alpha value is -2.67. The van der Waals surface area contributed by atoms with Gasteiger partial charge in [-0.15, -0.1) is 0 Å². The van der Waals surface area contributed by atoms with Crippen LogP contribution in [-0.4, -0.2) is 17.8 Å². The molecule has 0 radical (unpaired) electrons. The third-order valence-corrected chi connectivity index (χ3v) is 3.86. The molecule has 0 aliphatic rings. The fourth-order valence-electron chi connectivity index (χ4n) is 2.39. The first-order chi connectivity index (χ1) is 12.8. The summed E-state index contributed by atoms with van der Waals surface area (Å²) >= 11 is 5.97. The Morgan fingerprint density at radius 3 is 2.74 bits per heavy atom. The molecule has 0 saturated heterocycles. The number of benzene rings is 2. The molecular formula is C19H16ClF3N2O2. The summed E-state index contributed by atoms with van der Waals surface area (Å²) in [5.41, 5.74) is 2.00. The van der Waals surface area contributed by atoms with Crippen molar-refractivity contribution in [1.82, 2.24) is 4.98 Å². The molecule has 8 heteroatoms. The van der Waals surface area contributed by atoms with Gasteiger partial charge in [-0.05, 0) is 36.8 Å². The SMILES string of the molecule is Cc1ccc(NCc2ncc(-c3cccc(Cl)c3)o2)c(OCC(F)(F)F)c1. The molecule has 0 atom stereocenters. The molecule has 2 aromatic carbocycles. The molecule has 1 heterocycles. The molecular weight excluding hydrogens is 381 g/mol. The predicted octanol–water partition coefficient (Wildman–Crippen LogP) is 5.86. The van der Waals surface area contributed by atoms with E-state index in [2.05, 4.69) is 10.3 Å². The quantitative estimate of drug-likeness (QED) is 0.567. The second-order valence-corrected chi connectivity index (χ2v) is 6.32. The average Bonchev–Trinajstić information content (AvgIpc) is 3.07. The number of hydrogen-bond donors (Lipinski definition) is 1. The minimum Gasteiger partial charge on any atom is -0.482 e. The first-order valence-corrected chi connectivity index (χ1v) is 8.43. The molecule has 0 amide bonds. The zero-order chi connectivity index (χ0) is 19.4. The number of rotatable bonds is 6. The summed E-state index contributed by atoms with van der Waals surface area (Å²) in [7, 11) is 0. The van der Waals surface area contributed by atoms with E-state index in [0.717, 1.165) is 11.1 Å². The number of halogens is 4. The summed E-state index contributed by atoms with van der Waals surface area (Å²) in [6.45, 7) is 0.602. The number of aromatic nitrogens is 1. The van der Waals surface area contributed by atoms with Gasteiger partial charge in [0.2, 0.25) is 5.89 Å². The van der Waals surface area contributed by atoms with Gasteiger partial charge in [-0.2, -0.15) is 13.2 Å². The van der Waals surface area contributed by atoms with Crippen molar-refractivity contribution >= 4 is 17.3 Å². The molecule has 0 fully saturated rings. The Kier molecular flexibility index (Phi) is 5.60. The van der Waals surface area contributed by atoms with Gasteiger partial charge < -0.3 is 14.5 Å². The van der Waals surface area contributed by atoms with Crippen LogP contribution in [-0.2, 0) is 6.54 Å². The molecule has 4 nitrogen and oxygen atoms in total. The van der Waals surface area contributed by atoms with E-state index in [0.29, 0.717) is 22.4 Å².